The number of amides is 3. The van der Waals surface area contributed by atoms with Crippen LogP contribution in [0.2, 0.25) is 0 Å². The van der Waals surface area contributed by atoms with Crippen LogP contribution in [-0.2, 0) is 25.5 Å². The second-order valence-corrected chi connectivity index (χ2v) is 10.6. The highest BCUT2D eigenvalue weighted by Crippen LogP contribution is 2.24. The number of carbonyl (C=O) groups excluding carboxylic acids is 3. The normalized spacial score (nSPS) is 17.0. The molecule has 13 heteroatoms. The topological polar surface area (TPSA) is 154 Å². The van der Waals surface area contributed by atoms with Crippen LogP contribution in [0.4, 0.5) is 4.39 Å². The van der Waals surface area contributed by atoms with E-state index in [-0.39, 0.29) is 30.9 Å². The Morgan fingerprint density at radius 3 is 2.50 bits per heavy atom. The van der Waals surface area contributed by atoms with Crippen molar-refractivity contribution in [3.8, 4) is 11.5 Å². The summed E-state index contributed by atoms with van der Waals surface area (Å²) >= 11 is 0.318. The monoisotopic (exact) mass is 592 g/mol. The molecule has 5 rings (SSSR count). The zero-order valence-corrected chi connectivity index (χ0v) is 23.0. The first kappa shape index (κ1) is 28.8. The lowest BCUT2D eigenvalue weighted by atomic mass is 10.1. The number of likely N-dealkylation sites (tertiary alicyclic amines) is 1. The summed E-state index contributed by atoms with van der Waals surface area (Å²) in [4.78, 5) is 47.5. The van der Waals surface area contributed by atoms with E-state index in [0.29, 0.717) is 28.9 Å². The molecule has 2 aromatic heterocycles. The molecular formula is C29H27FN5O6S+. The summed E-state index contributed by atoms with van der Waals surface area (Å²) in [6.07, 6.45) is 3.42. The molecule has 0 unspecified atom stereocenters. The second kappa shape index (κ2) is 12.8. The molecule has 3 atom stereocenters. The van der Waals surface area contributed by atoms with E-state index >= 15 is 0 Å². The molecule has 0 saturated carbocycles. The highest BCUT2D eigenvalue weighted by Gasteiger charge is 2.46. The first-order valence-corrected chi connectivity index (χ1v) is 13.9. The first-order chi connectivity index (χ1) is 20.3. The molecule has 216 valence electrons. The molecule has 3 heterocycles. The number of ether oxygens (including phenoxy) is 1. The van der Waals surface area contributed by atoms with Crippen molar-refractivity contribution >= 4 is 40.3 Å². The number of aliphatic hydroxyl groups excluding tert-OH is 1. The van der Waals surface area contributed by atoms with Crippen molar-refractivity contribution in [1.82, 2.24) is 25.5 Å². The molecule has 1 aliphatic heterocycles. The van der Waals surface area contributed by atoms with Crippen LogP contribution in [0.5, 0.6) is 11.5 Å². The van der Waals surface area contributed by atoms with Gasteiger partial charge in [-0.05, 0) is 60.7 Å². The summed E-state index contributed by atoms with van der Waals surface area (Å²) < 4.78 is 30.3. The van der Waals surface area contributed by atoms with Crippen molar-refractivity contribution in [1.29, 1.82) is 0 Å². The van der Waals surface area contributed by atoms with E-state index in [0.717, 1.165) is 10.9 Å². The average Bonchev–Trinajstić information content (AvgIpc) is 3.65. The number of benzene rings is 2. The molecule has 0 spiro atoms. The lowest BCUT2D eigenvalue weighted by Gasteiger charge is -2.25. The number of pyridine rings is 1. The second-order valence-electron chi connectivity index (χ2n) is 9.71. The first-order valence-electron chi connectivity index (χ1n) is 13.1. The molecule has 2 aromatic carbocycles. The van der Waals surface area contributed by atoms with Gasteiger partial charge >= 0.3 is 11.7 Å². The van der Waals surface area contributed by atoms with E-state index in [1.165, 1.54) is 41.3 Å². The number of rotatable bonds is 10. The quantitative estimate of drug-likeness (QED) is 0.206. The van der Waals surface area contributed by atoms with Crippen molar-refractivity contribution in [3.05, 3.63) is 90.1 Å². The number of aliphatic hydroxyl groups is 1. The maximum Gasteiger partial charge on any atom is 0.464 e. The fraction of sp³-hybridized carbons (Fsp3) is 0.241. The van der Waals surface area contributed by atoms with Crippen LogP contribution < -0.4 is 15.4 Å². The van der Waals surface area contributed by atoms with Crippen LogP contribution in [0, 0.1) is 5.82 Å². The third-order valence-corrected chi connectivity index (χ3v) is 7.52. The molecule has 0 aliphatic carbocycles. The van der Waals surface area contributed by atoms with E-state index in [1.54, 1.807) is 36.7 Å². The number of halogens is 1. The summed E-state index contributed by atoms with van der Waals surface area (Å²) in [5, 5.41) is 15.6. The number of aromatic nitrogens is 2. The lowest BCUT2D eigenvalue weighted by Crippen LogP contribution is -2.50. The maximum absolute atomic E-state index is 13.2. The molecule has 42 heavy (non-hydrogen) atoms. The largest absolute Gasteiger partial charge is 0.464 e. The molecular weight excluding hydrogens is 565 g/mol. The number of nitrogens with zero attached hydrogens (tertiary/aromatic N) is 2. The van der Waals surface area contributed by atoms with Crippen LogP contribution in [-0.4, -0.2) is 68.7 Å². The van der Waals surface area contributed by atoms with Gasteiger partial charge in [-0.3, -0.25) is 19.4 Å². The Morgan fingerprint density at radius 2 is 1.83 bits per heavy atom. The summed E-state index contributed by atoms with van der Waals surface area (Å²) in [6.45, 7) is -0.723. The summed E-state index contributed by atoms with van der Waals surface area (Å²) in [5.41, 5.74) is 1.64. The molecule has 0 bridgehead atoms. The molecule has 4 aromatic rings. The molecule has 3 amide bonds. The Hall–Kier alpha value is -4.75. The molecule has 1 aliphatic rings. The van der Waals surface area contributed by atoms with Crippen LogP contribution in [0.15, 0.2) is 73.1 Å². The fourth-order valence-corrected chi connectivity index (χ4v) is 5.22. The van der Waals surface area contributed by atoms with Gasteiger partial charge in [0, 0.05) is 45.2 Å². The standard InChI is InChI=1S/C29H26FN5O6S/c30-19-3-7-21(8-4-19)41-20-5-1-17(2-6-20)28(38)32-14-27(37)35-15-22(42-40)12-26(35)29(39)34-25(16-36)24-11-18-13-31-10-9-23(18)33-24/h1-11,13,22,25-26,36H,12,14-16H2,(H2-,31,32,33,34,38,39)/p+1/t22-,25-,26+/m1/s1. The number of fused-ring (bicyclic) bond motifs is 1. The lowest BCUT2D eigenvalue weighted by molar-refractivity contribution is -0.138. The van der Waals surface area contributed by atoms with Crippen LogP contribution in [0.3, 0.4) is 0 Å². The number of H-pyrrole nitrogens is 1. The van der Waals surface area contributed by atoms with Gasteiger partial charge in [-0.25, -0.2) is 4.39 Å². The smallest absolute Gasteiger partial charge is 0.457 e. The number of aromatic amines is 1. The van der Waals surface area contributed by atoms with Gasteiger partial charge in [0.2, 0.25) is 11.8 Å². The fourth-order valence-electron chi connectivity index (χ4n) is 4.74. The van der Waals surface area contributed by atoms with Crippen molar-refractivity contribution in [2.75, 3.05) is 19.7 Å². The Labute approximate surface area is 243 Å². The van der Waals surface area contributed by atoms with E-state index < -0.39 is 41.7 Å². The molecule has 1 saturated heterocycles. The van der Waals surface area contributed by atoms with E-state index in [2.05, 4.69) is 20.6 Å². The van der Waals surface area contributed by atoms with E-state index in [9.17, 15) is 28.1 Å². The van der Waals surface area contributed by atoms with Crippen LogP contribution >= 0.6 is 0 Å². The molecule has 1 fully saturated rings. The van der Waals surface area contributed by atoms with Crippen molar-refractivity contribution in [3.63, 3.8) is 0 Å². The highest BCUT2D eigenvalue weighted by molar-refractivity contribution is 7.66. The van der Waals surface area contributed by atoms with Gasteiger partial charge in [0.15, 0.2) is 0 Å². The Balaban J connectivity index is 1.19. The zero-order chi connectivity index (χ0) is 29.6. The van der Waals surface area contributed by atoms with Gasteiger partial charge in [-0.2, -0.15) is 0 Å². The minimum Gasteiger partial charge on any atom is -0.457 e. The summed E-state index contributed by atoms with van der Waals surface area (Å²) in [6, 6.07) is 13.5. The van der Waals surface area contributed by atoms with Crippen LogP contribution in [0.25, 0.3) is 10.9 Å². The van der Waals surface area contributed by atoms with Gasteiger partial charge in [0.1, 0.15) is 23.4 Å². The minimum atomic E-state index is -0.941. The van der Waals surface area contributed by atoms with Crippen LogP contribution in [0.1, 0.15) is 28.5 Å². The zero-order valence-electron chi connectivity index (χ0n) is 22.2. The van der Waals surface area contributed by atoms with Gasteiger partial charge in [0.25, 0.3) is 11.2 Å². The van der Waals surface area contributed by atoms with Gasteiger partial charge < -0.3 is 30.4 Å². The Kier molecular flexibility index (Phi) is 8.79. The number of nitrogens with one attached hydrogen (secondary N) is 3. The maximum atomic E-state index is 13.2. The third-order valence-electron chi connectivity index (χ3n) is 6.90. The average molecular weight is 593 g/mol. The Bertz CT molecular complexity index is 1560. The number of hydrogen-bond acceptors (Lipinski definition) is 7. The van der Waals surface area contributed by atoms with E-state index in [4.69, 9.17) is 4.74 Å². The predicted octanol–water partition coefficient (Wildman–Crippen LogP) is 2.47. The number of carbonyl (C=O) groups is 3. The van der Waals surface area contributed by atoms with Crippen molar-refractivity contribution in [2.45, 2.75) is 23.8 Å². The van der Waals surface area contributed by atoms with Gasteiger partial charge in [-0.15, -0.1) is 0 Å². The van der Waals surface area contributed by atoms with Gasteiger partial charge in [0.05, 0.1) is 25.7 Å². The van der Waals surface area contributed by atoms with E-state index in [1.807, 2.05) is 0 Å². The minimum absolute atomic E-state index is 0.0538. The van der Waals surface area contributed by atoms with Crippen molar-refractivity contribution < 1.29 is 32.8 Å². The number of hydrogen-bond donors (Lipinski definition) is 4. The highest BCUT2D eigenvalue weighted by atomic mass is 32.1. The molecule has 4 N–H and O–H groups in total. The SMILES string of the molecule is O=[S+][C@@H]1C[C@@H](C(=O)N[C@H](CO)c2cc3cnccc3[nH]2)N(C(=O)CNC(=O)c2ccc(Oc3ccc(F)cc3)cc2)C1. The molecule has 11 nitrogen and oxygen atoms in total. The summed E-state index contributed by atoms with van der Waals surface area (Å²) in [5.74, 6) is -1.06. The Morgan fingerprint density at radius 1 is 1.12 bits per heavy atom. The third kappa shape index (κ3) is 6.58. The van der Waals surface area contributed by atoms with Crippen molar-refractivity contribution in [2.24, 2.45) is 0 Å². The summed E-state index contributed by atoms with van der Waals surface area (Å²) in [7, 11) is 0. The molecule has 0 radical (unpaired) electrons. The van der Waals surface area contributed by atoms with Gasteiger partial charge in [-0.1, -0.05) is 0 Å². The predicted molar refractivity (Wildman–Crippen MR) is 151 cm³/mol.